The molecule has 0 spiro atoms. The molecule has 5 nitrogen and oxygen atoms in total. The summed E-state index contributed by atoms with van der Waals surface area (Å²) in [6.45, 7) is 1.13. The minimum atomic E-state index is -0.140. The topological polar surface area (TPSA) is 59.8 Å². The van der Waals surface area contributed by atoms with Gasteiger partial charge in [0.1, 0.15) is 0 Å². The molecule has 0 aliphatic carbocycles. The Hall–Kier alpha value is -1.99. The number of nitrogens with one attached hydrogen (secondary N) is 1. The van der Waals surface area contributed by atoms with Crippen LogP contribution in [0.25, 0.3) is 11.3 Å². The van der Waals surface area contributed by atoms with Gasteiger partial charge in [-0.05, 0) is 39.5 Å². The van der Waals surface area contributed by atoms with Gasteiger partial charge in [-0.3, -0.25) is 14.5 Å². The summed E-state index contributed by atoms with van der Waals surface area (Å²) in [5.41, 5.74) is 2.60. The number of hydrogen-bond donors (Lipinski definition) is 1. The van der Waals surface area contributed by atoms with Crippen LogP contribution in [0.5, 0.6) is 0 Å². The summed E-state index contributed by atoms with van der Waals surface area (Å²) < 4.78 is 2.61. The lowest BCUT2D eigenvalue weighted by molar-refractivity contribution is 0.0951. The van der Waals surface area contributed by atoms with E-state index in [1.807, 2.05) is 28.4 Å². The number of rotatable bonds is 5. The average Bonchev–Trinajstić information content (AvgIpc) is 3.18. The summed E-state index contributed by atoms with van der Waals surface area (Å²) >= 11 is 4.95. The molecule has 1 amide bonds. The Morgan fingerprint density at radius 1 is 1.36 bits per heavy atom. The highest BCUT2D eigenvalue weighted by Crippen LogP contribution is 2.19. The van der Waals surface area contributed by atoms with Crippen LogP contribution in [0.3, 0.4) is 0 Å². The Bertz CT molecular complexity index is 769. The van der Waals surface area contributed by atoms with Crippen molar-refractivity contribution in [1.82, 2.24) is 20.1 Å². The first-order valence-electron chi connectivity index (χ1n) is 6.67. The molecule has 0 fully saturated rings. The zero-order valence-corrected chi connectivity index (χ0v) is 14.0. The number of halogens is 1. The number of carbonyl (C=O) groups excluding carboxylic acids is 1. The molecule has 0 radical (unpaired) electrons. The maximum atomic E-state index is 12.0. The summed E-state index contributed by atoms with van der Waals surface area (Å²) in [6.07, 6.45) is 5.11. The third kappa shape index (κ3) is 3.61. The molecule has 112 valence electrons. The third-order valence-corrected chi connectivity index (χ3v) is 4.17. The largest absolute Gasteiger partial charge is 0.350 e. The Morgan fingerprint density at radius 2 is 2.27 bits per heavy atom. The quantitative estimate of drug-likeness (QED) is 0.743. The second kappa shape index (κ2) is 6.85. The van der Waals surface area contributed by atoms with E-state index in [0.29, 0.717) is 18.7 Å². The van der Waals surface area contributed by atoms with Gasteiger partial charge < -0.3 is 5.32 Å². The van der Waals surface area contributed by atoms with Crippen LogP contribution in [0, 0.1) is 0 Å². The highest BCUT2D eigenvalue weighted by Gasteiger charge is 2.06. The number of hydrogen-bond acceptors (Lipinski definition) is 4. The Labute approximate surface area is 140 Å². The van der Waals surface area contributed by atoms with Crippen LogP contribution in [-0.4, -0.2) is 27.2 Å². The fourth-order valence-corrected chi connectivity index (χ4v) is 2.99. The highest BCUT2D eigenvalue weighted by atomic mass is 79.9. The summed E-state index contributed by atoms with van der Waals surface area (Å²) in [5, 5.41) is 11.4. The van der Waals surface area contributed by atoms with Crippen molar-refractivity contribution in [2.45, 2.75) is 6.54 Å². The van der Waals surface area contributed by atoms with Gasteiger partial charge in [0.05, 0.1) is 17.8 Å². The predicted octanol–water partition coefficient (Wildman–Crippen LogP) is 3.20. The van der Waals surface area contributed by atoms with Crippen molar-refractivity contribution in [2.75, 3.05) is 6.54 Å². The molecule has 0 atom stereocenters. The lowest BCUT2D eigenvalue weighted by Gasteiger charge is -2.05. The van der Waals surface area contributed by atoms with E-state index in [1.54, 1.807) is 29.8 Å². The lowest BCUT2D eigenvalue weighted by atomic mass is 10.2. The molecule has 7 heteroatoms. The van der Waals surface area contributed by atoms with Crippen molar-refractivity contribution < 1.29 is 4.79 Å². The number of pyridine rings is 1. The van der Waals surface area contributed by atoms with Crippen molar-refractivity contribution in [3.05, 3.63) is 57.6 Å². The molecular formula is C15H13BrN4OS. The fraction of sp³-hybridized carbons (Fsp3) is 0.133. The van der Waals surface area contributed by atoms with Crippen LogP contribution in [0.2, 0.25) is 0 Å². The van der Waals surface area contributed by atoms with Crippen molar-refractivity contribution >= 4 is 33.2 Å². The summed E-state index contributed by atoms with van der Waals surface area (Å²) in [4.78, 5) is 16.0. The molecule has 3 heterocycles. The first-order valence-corrected chi connectivity index (χ1v) is 8.41. The molecule has 0 saturated heterocycles. The van der Waals surface area contributed by atoms with E-state index < -0.39 is 0 Å². The summed E-state index contributed by atoms with van der Waals surface area (Å²) in [7, 11) is 0. The van der Waals surface area contributed by atoms with Gasteiger partial charge >= 0.3 is 0 Å². The van der Waals surface area contributed by atoms with E-state index in [9.17, 15) is 4.79 Å². The van der Waals surface area contributed by atoms with E-state index in [4.69, 9.17) is 0 Å². The van der Waals surface area contributed by atoms with Gasteiger partial charge in [-0.2, -0.15) is 16.4 Å². The molecule has 0 aliphatic rings. The molecule has 0 aromatic carbocycles. The Morgan fingerprint density at radius 3 is 3.05 bits per heavy atom. The van der Waals surface area contributed by atoms with Crippen LogP contribution in [0.1, 0.15) is 10.4 Å². The van der Waals surface area contributed by atoms with Crippen LogP contribution in [-0.2, 0) is 6.54 Å². The van der Waals surface area contributed by atoms with Gasteiger partial charge in [-0.15, -0.1) is 0 Å². The monoisotopic (exact) mass is 376 g/mol. The van der Waals surface area contributed by atoms with Gasteiger partial charge in [0, 0.05) is 40.6 Å². The van der Waals surface area contributed by atoms with Gasteiger partial charge in [0.15, 0.2) is 0 Å². The van der Waals surface area contributed by atoms with Crippen LogP contribution >= 0.6 is 27.3 Å². The number of nitrogens with zero attached hydrogens (tertiary/aromatic N) is 3. The van der Waals surface area contributed by atoms with Crippen molar-refractivity contribution in [2.24, 2.45) is 0 Å². The van der Waals surface area contributed by atoms with E-state index in [2.05, 4.69) is 36.7 Å². The number of amides is 1. The summed E-state index contributed by atoms with van der Waals surface area (Å²) in [6, 6.07) is 5.76. The van der Waals surface area contributed by atoms with Crippen molar-refractivity contribution in [3.8, 4) is 11.3 Å². The maximum Gasteiger partial charge on any atom is 0.252 e. The normalized spacial score (nSPS) is 10.6. The van der Waals surface area contributed by atoms with Gasteiger partial charge in [-0.1, -0.05) is 0 Å². The molecule has 0 bridgehead atoms. The predicted molar refractivity (Wildman–Crippen MR) is 89.8 cm³/mol. The summed E-state index contributed by atoms with van der Waals surface area (Å²) in [5.74, 6) is -0.140. The molecule has 3 rings (SSSR count). The minimum absolute atomic E-state index is 0.140. The highest BCUT2D eigenvalue weighted by molar-refractivity contribution is 9.10. The molecule has 22 heavy (non-hydrogen) atoms. The van der Waals surface area contributed by atoms with Crippen LogP contribution in [0.15, 0.2) is 52.0 Å². The van der Waals surface area contributed by atoms with Crippen LogP contribution in [0.4, 0.5) is 0 Å². The van der Waals surface area contributed by atoms with E-state index in [1.165, 1.54) is 0 Å². The molecule has 1 N–H and O–H groups in total. The molecule has 3 aromatic heterocycles. The van der Waals surface area contributed by atoms with Crippen LogP contribution < -0.4 is 5.32 Å². The van der Waals surface area contributed by atoms with E-state index in [0.717, 1.165) is 15.7 Å². The first-order chi connectivity index (χ1) is 10.7. The smallest absolute Gasteiger partial charge is 0.252 e. The third-order valence-electron chi connectivity index (χ3n) is 3.05. The van der Waals surface area contributed by atoms with Crippen molar-refractivity contribution in [1.29, 1.82) is 0 Å². The maximum absolute atomic E-state index is 12.0. The number of aromatic nitrogens is 3. The van der Waals surface area contributed by atoms with Gasteiger partial charge in [0.25, 0.3) is 5.91 Å². The average molecular weight is 377 g/mol. The minimum Gasteiger partial charge on any atom is -0.350 e. The Kier molecular flexibility index (Phi) is 4.65. The lowest BCUT2D eigenvalue weighted by Crippen LogP contribution is -2.27. The van der Waals surface area contributed by atoms with Gasteiger partial charge in [-0.25, -0.2) is 0 Å². The number of carbonyl (C=O) groups is 1. The standard InChI is InChI=1S/C15H13BrN4OS/c16-13-7-12(8-17-9-13)15(21)18-3-5-20-4-1-14(19-20)11-2-6-22-10-11/h1-2,4,6-10H,3,5H2,(H,18,21). The van der Waals surface area contributed by atoms with E-state index >= 15 is 0 Å². The molecule has 3 aromatic rings. The zero-order chi connectivity index (χ0) is 15.4. The fourth-order valence-electron chi connectivity index (χ4n) is 1.97. The Balaban J connectivity index is 1.54. The van der Waals surface area contributed by atoms with Crippen molar-refractivity contribution in [3.63, 3.8) is 0 Å². The van der Waals surface area contributed by atoms with E-state index in [-0.39, 0.29) is 5.91 Å². The zero-order valence-electron chi connectivity index (χ0n) is 11.6. The molecular weight excluding hydrogens is 364 g/mol. The second-order valence-corrected chi connectivity index (χ2v) is 6.32. The van der Waals surface area contributed by atoms with Gasteiger partial charge in [0.2, 0.25) is 0 Å². The molecule has 0 aliphatic heterocycles. The number of thiophene rings is 1. The SMILES string of the molecule is O=C(NCCn1ccc(-c2ccsc2)n1)c1cncc(Br)c1. The molecule has 0 saturated carbocycles. The second-order valence-electron chi connectivity index (χ2n) is 4.62. The molecule has 0 unspecified atom stereocenters. The first kappa shape index (κ1) is 14.9.